The van der Waals surface area contributed by atoms with E-state index in [2.05, 4.69) is 102 Å². The van der Waals surface area contributed by atoms with E-state index in [1.807, 2.05) is 6.07 Å². The molecule has 0 spiro atoms. The van der Waals surface area contributed by atoms with Gasteiger partial charge in [0.1, 0.15) is 0 Å². The van der Waals surface area contributed by atoms with E-state index in [1.165, 1.54) is 46.4 Å². The highest BCUT2D eigenvalue weighted by molar-refractivity contribution is 5.99. The summed E-state index contributed by atoms with van der Waals surface area (Å²) in [7, 11) is 0. The first-order chi connectivity index (χ1) is 16.3. The predicted octanol–water partition coefficient (Wildman–Crippen LogP) is 8.80. The van der Waals surface area contributed by atoms with Crippen LogP contribution in [0.2, 0.25) is 0 Å². The van der Waals surface area contributed by atoms with Gasteiger partial charge in [-0.3, -0.25) is 4.99 Å². The summed E-state index contributed by atoms with van der Waals surface area (Å²) >= 11 is 0. The van der Waals surface area contributed by atoms with Crippen molar-refractivity contribution in [3.8, 4) is 0 Å². The van der Waals surface area contributed by atoms with Gasteiger partial charge in [-0.1, -0.05) is 92.2 Å². The number of nitrogens with zero attached hydrogens (tertiary/aromatic N) is 1. The number of allylic oxidation sites excluding steroid dienone is 4. The molecule has 1 atom stereocenters. The Kier molecular flexibility index (Phi) is 11.6. The molecule has 1 unspecified atom stereocenters. The highest BCUT2D eigenvalue weighted by atomic mass is 14.9. The van der Waals surface area contributed by atoms with E-state index in [4.69, 9.17) is 4.99 Å². The van der Waals surface area contributed by atoms with Gasteiger partial charge < -0.3 is 5.32 Å². The molecule has 0 bridgehead atoms. The fourth-order valence-corrected chi connectivity index (χ4v) is 4.17. The Morgan fingerprint density at radius 2 is 1.62 bits per heavy atom. The molecule has 2 rings (SSSR count). The van der Waals surface area contributed by atoms with E-state index in [9.17, 15) is 0 Å². The third kappa shape index (κ3) is 9.55. The Morgan fingerprint density at radius 1 is 0.912 bits per heavy atom. The van der Waals surface area contributed by atoms with E-state index in [0.29, 0.717) is 5.92 Å². The highest BCUT2D eigenvalue weighted by Crippen LogP contribution is 2.22. The van der Waals surface area contributed by atoms with Crippen LogP contribution in [0.5, 0.6) is 0 Å². The Labute approximate surface area is 208 Å². The summed E-state index contributed by atoms with van der Waals surface area (Å²) in [5.74, 6) is 0.570. The first-order valence-electron chi connectivity index (χ1n) is 12.7. The smallest absolute Gasteiger partial charge is 0.0448 e. The molecule has 2 heteroatoms. The molecule has 0 saturated heterocycles. The number of hydrogen-bond acceptors (Lipinski definition) is 2. The lowest BCUT2D eigenvalue weighted by Gasteiger charge is -2.17. The van der Waals surface area contributed by atoms with Gasteiger partial charge in [-0.2, -0.15) is 0 Å². The second-order valence-electron chi connectivity index (χ2n) is 9.68. The average molecular weight is 457 g/mol. The fourth-order valence-electron chi connectivity index (χ4n) is 4.17. The van der Waals surface area contributed by atoms with Crippen molar-refractivity contribution in [1.82, 2.24) is 5.32 Å². The summed E-state index contributed by atoms with van der Waals surface area (Å²) < 4.78 is 0. The minimum absolute atomic E-state index is 0.570. The van der Waals surface area contributed by atoms with Crippen LogP contribution in [0.15, 0.2) is 95.3 Å². The number of aliphatic imine (C=N–C) groups is 1. The normalized spacial score (nSPS) is 12.2. The van der Waals surface area contributed by atoms with Crippen molar-refractivity contribution in [3.05, 3.63) is 107 Å². The lowest BCUT2D eigenvalue weighted by molar-refractivity contribution is 0.549. The molecule has 0 saturated carbocycles. The largest absolute Gasteiger partial charge is 0.385 e. The maximum Gasteiger partial charge on any atom is 0.0448 e. The maximum atomic E-state index is 4.94. The Balaban J connectivity index is 1.85. The molecule has 182 valence electrons. The molecule has 0 aliphatic carbocycles. The molecule has 1 N–H and O–H groups in total. The first-order valence-corrected chi connectivity index (χ1v) is 12.7. The van der Waals surface area contributed by atoms with Crippen LogP contribution in [0.3, 0.4) is 0 Å². The van der Waals surface area contributed by atoms with E-state index in [1.54, 1.807) is 0 Å². The summed E-state index contributed by atoms with van der Waals surface area (Å²) in [5, 5.41) is 3.53. The van der Waals surface area contributed by atoms with Crippen LogP contribution < -0.4 is 5.32 Å². The van der Waals surface area contributed by atoms with Gasteiger partial charge in [0.2, 0.25) is 0 Å². The van der Waals surface area contributed by atoms with Crippen molar-refractivity contribution >= 4 is 5.71 Å². The van der Waals surface area contributed by atoms with Crippen molar-refractivity contribution in [1.29, 1.82) is 0 Å². The van der Waals surface area contributed by atoms with Crippen molar-refractivity contribution < 1.29 is 0 Å². The average Bonchev–Trinajstić information content (AvgIpc) is 2.82. The van der Waals surface area contributed by atoms with Gasteiger partial charge in [-0.25, -0.2) is 0 Å². The summed E-state index contributed by atoms with van der Waals surface area (Å²) in [6, 6.07) is 19.3. The molecule has 0 aliphatic rings. The molecule has 34 heavy (non-hydrogen) atoms. The van der Waals surface area contributed by atoms with Crippen molar-refractivity contribution in [2.45, 2.75) is 79.7 Å². The SMILES string of the molecule is C=C(CCCC(N=C(C)c1ccccc1)=C(C)C)NCc1cccc(CC(CCC)C(=C)C)c1. The Morgan fingerprint density at radius 3 is 2.26 bits per heavy atom. The molecular formula is C32H44N2. The van der Waals surface area contributed by atoms with Gasteiger partial charge in [0.05, 0.1) is 0 Å². The van der Waals surface area contributed by atoms with Crippen molar-refractivity contribution in [2.24, 2.45) is 10.9 Å². The minimum atomic E-state index is 0.570. The predicted molar refractivity (Wildman–Crippen MR) is 150 cm³/mol. The van der Waals surface area contributed by atoms with E-state index in [-0.39, 0.29) is 0 Å². The van der Waals surface area contributed by atoms with Gasteiger partial charge in [0.25, 0.3) is 0 Å². The first kappa shape index (κ1) is 27.4. The van der Waals surface area contributed by atoms with E-state index >= 15 is 0 Å². The van der Waals surface area contributed by atoms with Crippen LogP contribution >= 0.6 is 0 Å². The van der Waals surface area contributed by atoms with Gasteiger partial charge in [-0.05, 0) is 82.4 Å². The van der Waals surface area contributed by atoms with E-state index < -0.39 is 0 Å². The lowest BCUT2D eigenvalue weighted by Crippen LogP contribution is -2.12. The van der Waals surface area contributed by atoms with Crippen molar-refractivity contribution in [3.63, 3.8) is 0 Å². The zero-order valence-electron chi connectivity index (χ0n) is 22.1. The molecule has 0 radical (unpaired) electrons. The molecule has 0 aliphatic heterocycles. The van der Waals surface area contributed by atoms with Crippen LogP contribution in [-0.2, 0) is 13.0 Å². The topological polar surface area (TPSA) is 24.4 Å². The Bertz CT molecular complexity index is 991. The molecule has 0 aromatic heterocycles. The van der Waals surface area contributed by atoms with Crippen LogP contribution in [0.1, 0.15) is 83.4 Å². The minimum Gasteiger partial charge on any atom is -0.385 e. The third-order valence-electron chi connectivity index (χ3n) is 6.31. The molecule has 0 amide bonds. The van der Waals surface area contributed by atoms with Gasteiger partial charge >= 0.3 is 0 Å². The summed E-state index contributed by atoms with van der Waals surface area (Å²) in [6.07, 6.45) is 6.43. The molecule has 2 nitrogen and oxygen atoms in total. The maximum absolute atomic E-state index is 4.94. The summed E-state index contributed by atoms with van der Waals surface area (Å²) in [4.78, 5) is 4.94. The second kappa shape index (κ2) is 14.4. The molecule has 2 aromatic carbocycles. The molecule has 2 aromatic rings. The number of rotatable bonds is 14. The third-order valence-corrected chi connectivity index (χ3v) is 6.31. The molecular weight excluding hydrogens is 412 g/mol. The van der Waals surface area contributed by atoms with Crippen LogP contribution in [0, 0.1) is 5.92 Å². The zero-order chi connectivity index (χ0) is 24.9. The molecule has 0 heterocycles. The second-order valence-corrected chi connectivity index (χ2v) is 9.68. The number of nitrogens with one attached hydrogen (secondary N) is 1. The van der Waals surface area contributed by atoms with E-state index in [0.717, 1.165) is 43.6 Å². The van der Waals surface area contributed by atoms with Crippen LogP contribution in [0.4, 0.5) is 0 Å². The fraction of sp³-hybridized carbons (Fsp3) is 0.406. The monoisotopic (exact) mass is 456 g/mol. The highest BCUT2D eigenvalue weighted by Gasteiger charge is 2.10. The standard InChI is InChI=1S/C32H44N2/c1-8-14-31(24(2)3)22-28-16-13-17-29(21-28)23-33-26(6)15-12-20-32(25(4)5)34-27(7)30-18-10-9-11-19-30/h9-11,13,16-19,21,31,33H,2,6,8,12,14-15,20,22-23H2,1,3-5,7H3. The van der Waals surface area contributed by atoms with Gasteiger partial charge in [0, 0.05) is 23.7 Å². The quantitative estimate of drug-likeness (QED) is 0.223. The van der Waals surface area contributed by atoms with Gasteiger partial charge in [-0.15, -0.1) is 0 Å². The Hall–Kier alpha value is -2.87. The summed E-state index contributed by atoms with van der Waals surface area (Å²) in [5.41, 5.74) is 9.80. The van der Waals surface area contributed by atoms with Crippen LogP contribution in [0.25, 0.3) is 0 Å². The number of benzene rings is 2. The van der Waals surface area contributed by atoms with Crippen LogP contribution in [-0.4, -0.2) is 5.71 Å². The lowest BCUT2D eigenvalue weighted by atomic mass is 9.89. The summed E-state index contributed by atoms with van der Waals surface area (Å²) in [6.45, 7) is 20.1. The van der Waals surface area contributed by atoms with Gasteiger partial charge in [0.15, 0.2) is 0 Å². The zero-order valence-corrected chi connectivity index (χ0v) is 22.1. The van der Waals surface area contributed by atoms with Crippen molar-refractivity contribution in [2.75, 3.05) is 0 Å². The molecule has 0 fully saturated rings. The number of hydrogen-bond donors (Lipinski definition) is 1.